The average molecular weight is 110 g/mol. The van der Waals surface area contributed by atoms with E-state index in [1.165, 1.54) is 0 Å². The molecule has 0 aliphatic rings. The van der Waals surface area contributed by atoms with E-state index in [0.717, 1.165) is 0 Å². The molecule has 0 fully saturated rings. The first-order valence-electron chi connectivity index (χ1n) is 1.72. The first kappa shape index (κ1) is 6.53. The normalized spacial score (nSPS) is 13.1. The SMILES string of the molecule is CC(F)(F)C=CF. The van der Waals surface area contributed by atoms with Crippen LogP contribution < -0.4 is 0 Å². The van der Waals surface area contributed by atoms with E-state index < -0.39 is 5.92 Å². The zero-order valence-corrected chi connectivity index (χ0v) is 3.79. The van der Waals surface area contributed by atoms with Crippen LogP contribution in [0.1, 0.15) is 6.92 Å². The Morgan fingerprint density at radius 2 is 1.86 bits per heavy atom. The molecule has 0 unspecified atom stereocenters. The van der Waals surface area contributed by atoms with Gasteiger partial charge in [0.15, 0.2) is 0 Å². The van der Waals surface area contributed by atoms with E-state index in [1.54, 1.807) is 0 Å². The fourth-order valence-electron chi connectivity index (χ4n) is 0.111. The first-order valence-corrected chi connectivity index (χ1v) is 1.72. The van der Waals surface area contributed by atoms with Gasteiger partial charge in [0.25, 0.3) is 5.92 Å². The Morgan fingerprint density at radius 3 is 1.86 bits per heavy atom. The molecule has 0 aliphatic heterocycles. The predicted molar refractivity (Wildman–Crippen MR) is 20.9 cm³/mol. The Morgan fingerprint density at radius 1 is 1.43 bits per heavy atom. The van der Waals surface area contributed by atoms with Crippen molar-refractivity contribution in [1.29, 1.82) is 0 Å². The van der Waals surface area contributed by atoms with E-state index in [0.29, 0.717) is 6.92 Å². The third kappa shape index (κ3) is 5.53. The molecule has 0 atom stereocenters. The van der Waals surface area contributed by atoms with Crippen LogP contribution in [0, 0.1) is 0 Å². The summed E-state index contributed by atoms with van der Waals surface area (Å²) < 4.78 is 33.6. The van der Waals surface area contributed by atoms with Crippen molar-refractivity contribution in [3.63, 3.8) is 0 Å². The fourth-order valence-corrected chi connectivity index (χ4v) is 0.111. The minimum absolute atomic E-state index is 0.167. The molecular formula is C4H5F3. The molecule has 0 heterocycles. The molecule has 0 rings (SSSR count). The van der Waals surface area contributed by atoms with Crippen molar-refractivity contribution in [2.75, 3.05) is 0 Å². The molecule has 0 radical (unpaired) electrons. The summed E-state index contributed by atoms with van der Waals surface area (Å²) in [6.07, 6.45) is 0.0208. The van der Waals surface area contributed by atoms with E-state index in [-0.39, 0.29) is 12.4 Å². The van der Waals surface area contributed by atoms with Gasteiger partial charge in [-0.3, -0.25) is 0 Å². The molecule has 0 aliphatic carbocycles. The first-order chi connectivity index (χ1) is 3.06. The zero-order valence-electron chi connectivity index (χ0n) is 3.79. The summed E-state index contributed by atoms with van der Waals surface area (Å²) in [6, 6.07) is 0. The van der Waals surface area contributed by atoms with Crippen molar-refractivity contribution in [2.45, 2.75) is 12.8 Å². The highest BCUT2D eigenvalue weighted by Gasteiger charge is 2.14. The molecule has 42 valence electrons. The van der Waals surface area contributed by atoms with Gasteiger partial charge < -0.3 is 0 Å². The molecule has 0 nitrogen and oxygen atoms in total. The Hall–Kier alpha value is -0.470. The van der Waals surface area contributed by atoms with Crippen molar-refractivity contribution in [2.24, 2.45) is 0 Å². The third-order valence-electron chi connectivity index (χ3n) is 0.356. The maximum Gasteiger partial charge on any atom is 0.266 e. The van der Waals surface area contributed by atoms with Crippen molar-refractivity contribution in [3.05, 3.63) is 12.4 Å². The molecule has 0 saturated heterocycles. The van der Waals surface area contributed by atoms with Crippen LogP contribution in [0.2, 0.25) is 0 Å². The molecule has 0 aromatic heterocycles. The van der Waals surface area contributed by atoms with Crippen LogP contribution in [-0.2, 0) is 0 Å². The summed E-state index contributed by atoms with van der Waals surface area (Å²) in [6.45, 7) is 0.614. The van der Waals surface area contributed by atoms with E-state index in [1.807, 2.05) is 0 Å². The maximum absolute atomic E-state index is 11.4. The van der Waals surface area contributed by atoms with Gasteiger partial charge in [0.1, 0.15) is 0 Å². The minimum Gasteiger partial charge on any atom is -0.216 e. The van der Waals surface area contributed by atoms with E-state index in [2.05, 4.69) is 0 Å². The molecule has 0 aromatic rings. The van der Waals surface area contributed by atoms with Crippen LogP contribution in [0.4, 0.5) is 13.2 Å². The highest BCUT2D eigenvalue weighted by atomic mass is 19.3. The molecule has 0 amide bonds. The fraction of sp³-hybridized carbons (Fsp3) is 0.500. The van der Waals surface area contributed by atoms with Gasteiger partial charge in [-0.05, 0) is 0 Å². The van der Waals surface area contributed by atoms with Crippen LogP contribution in [0.3, 0.4) is 0 Å². The van der Waals surface area contributed by atoms with Gasteiger partial charge in [-0.2, -0.15) is 0 Å². The van der Waals surface area contributed by atoms with Crippen molar-refractivity contribution < 1.29 is 13.2 Å². The number of halogens is 3. The number of hydrogen-bond donors (Lipinski definition) is 0. The van der Waals surface area contributed by atoms with E-state index in [4.69, 9.17) is 0 Å². The van der Waals surface area contributed by atoms with Crippen LogP contribution >= 0.6 is 0 Å². The minimum atomic E-state index is -3.01. The van der Waals surface area contributed by atoms with Gasteiger partial charge in [0, 0.05) is 13.0 Å². The lowest BCUT2D eigenvalue weighted by Crippen LogP contribution is -2.02. The summed E-state index contributed by atoms with van der Waals surface area (Å²) in [5, 5.41) is 0. The molecule has 7 heavy (non-hydrogen) atoms. The Labute approximate surface area is 39.6 Å². The average Bonchev–Trinajstić information content (AvgIpc) is 1.30. The molecule has 0 bridgehead atoms. The van der Waals surface area contributed by atoms with Crippen molar-refractivity contribution >= 4 is 0 Å². The summed E-state index contributed by atoms with van der Waals surface area (Å²) in [5.74, 6) is -3.01. The number of rotatable bonds is 1. The molecule has 0 spiro atoms. The lowest BCUT2D eigenvalue weighted by Gasteiger charge is -1.97. The van der Waals surface area contributed by atoms with Crippen molar-refractivity contribution in [1.82, 2.24) is 0 Å². The van der Waals surface area contributed by atoms with E-state index in [9.17, 15) is 13.2 Å². The molecular weight excluding hydrogens is 105 g/mol. The van der Waals surface area contributed by atoms with Crippen LogP contribution in [-0.4, -0.2) is 5.92 Å². The lowest BCUT2D eigenvalue weighted by atomic mass is 10.4. The summed E-state index contributed by atoms with van der Waals surface area (Å²) in [5.41, 5.74) is 0. The molecule has 0 aromatic carbocycles. The Kier molecular flexibility index (Phi) is 1.87. The lowest BCUT2D eigenvalue weighted by molar-refractivity contribution is 0.0762. The third-order valence-corrected chi connectivity index (χ3v) is 0.356. The summed E-state index contributed by atoms with van der Waals surface area (Å²) in [4.78, 5) is 0. The number of allylic oxidation sites excluding steroid dienone is 1. The van der Waals surface area contributed by atoms with Gasteiger partial charge in [-0.25, -0.2) is 13.2 Å². The summed E-state index contributed by atoms with van der Waals surface area (Å²) >= 11 is 0. The van der Waals surface area contributed by atoms with Gasteiger partial charge in [-0.1, -0.05) is 0 Å². The zero-order chi connectivity index (χ0) is 5.91. The van der Waals surface area contributed by atoms with Gasteiger partial charge in [-0.15, -0.1) is 0 Å². The molecule has 0 saturated carbocycles. The largest absolute Gasteiger partial charge is 0.266 e. The van der Waals surface area contributed by atoms with Gasteiger partial charge in [0.2, 0.25) is 0 Å². The second-order valence-corrected chi connectivity index (χ2v) is 1.25. The molecule has 0 N–H and O–H groups in total. The monoisotopic (exact) mass is 110 g/mol. The number of alkyl halides is 2. The Bertz CT molecular complexity index is 69.5. The number of hydrogen-bond acceptors (Lipinski definition) is 0. The second kappa shape index (κ2) is 2.00. The van der Waals surface area contributed by atoms with Gasteiger partial charge >= 0.3 is 0 Å². The summed E-state index contributed by atoms with van der Waals surface area (Å²) in [7, 11) is 0. The molecule has 3 heteroatoms. The standard InChI is InChI=1S/C4H5F3/c1-4(6,7)2-3-5/h2-3H,1H3. The van der Waals surface area contributed by atoms with Crippen LogP contribution in [0.15, 0.2) is 12.4 Å². The van der Waals surface area contributed by atoms with E-state index >= 15 is 0 Å². The van der Waals surface area contributed by atoms with Crippen LogP contribution in [0.5, 0.6) is 0 Å². The smallest absolute Gasteiger partial charge is 0.216 e. The predicted octanol–water partition coefficient (Wildman–Crippen LogP) is 2.12. The highest BCUT2D eigenvalue weighted by Crippen LogP contribution is 2.12. The van der Waals surface area contributed by atoms with Crippen LogP contribution in [0.25, 0.3) is 0 Å². The second-order valence-electron chi connectivity index (χ2n) is 1.25. The van der Waals surface area contributed by atoms with Gasteiger partial charge in [0.05, 0.1) is 6.33 Å². The Balaban J connectivity index is 3.56. The maximum atomic E-state index is 11.4. The van der Waals surface area contributed by atoms with Crippen molar-refractivity contribution in [3.8, 4) is 0 Å². The quantitative estimate of drug-likeness (QED) is 0.485. The highest BCUT2D eigenvalue weighted by molar-refractivity contribution is 4.85. The topological polar surface area (TPSA) is 0 Å².